The van der Waals surface area contributed by atoms with Crippen molar-refractivity contribution in [2.24, 2.45) is 0 Å². The molecule has 172 valence electrons. The van der Waals surface area contributed by atoms with E-state index in [2.05, 4.69) is 11.0 Å². The zero-order valence-electron chi connectivity index (χ0n) is 19.8. The van der Waals surface area contributed by atoms with Gasteiger partial charge >= 0.3 is 6.03 Å². The summed E-state index contributed by atoms with van der Waals surface area (Å²) in [6.07, 6.45) is 1.89. The fourth-order valence-corrected chi connectivity index (χ4v) is 6.80. The molecule has 32 heavy (non-hydrogen) atoms. The number of rotatable bonds is 3. The fourth-order valence-electron chi connectivity index (χ4n) is 6.80. The van der Waals surface area contributed by atoms with E-state index in [4.69, 9.17) is 0 Å². The van der Waals surface area contributed by atoms with Gasteiger partial charge in [-0.25, -0.2) is 4.79 Å². The molecule has 0 aromatic heterocycles. The first kappa shape index (κ1) is 22.8. The van der Waals surface area contributed by atoms with Crippen LogP contribution >= 0.6 is 0 Å². The van der Waals surface area contributed by atoms with E-state index in [1.165, 1.54) is 4.90 Å². The molecule has 0 radical (unpaired) electrons. The van der Waals surface area contributed by atoms with E-state index >= 15 is 0 Å². The highest BCUT2D eigenvalue weighted by atomic mass is 16.3. The lowest BCUT2D eigenvalue weighted by Gasteiger charge is -2.63. The molecule has 3 amide bonds. The van der Waals surface area contributed by atoms with Crippen molar-refractivity contribution >= 4 is 11.9 Å². The number of nitrogens with zero attached hydrogens (tertiary/aromatic N) is 4. The molecule has 2 saturated heterocycles. The molecule has 1 spiro atoms. The number of benzene rings is 1. The Morgan fingerprint density at radius 3 is 2.53 bits per heavy atom. The highest BCUT2D eigenvalue weighted by Gasteiger charge is 2.69. The summed E-state index contributed by atoms with van der Waals surface area (Å²) in [6, 6.07) is 7.51. The minimum atomic E-state index is -1.08. The summed E-state index contributed by atoms with van der Waals surface area (Å²) in [6.45, 7) is 9.35. The van der Waals surface area contributed by atoms with Crippen LogP contribution in [0.25, 0.3) is 0 Å². The Hall–Kier alpha value is -2.43. The molecule has 1 N–H and O–H groups in total. The Morgan fingerprint density at radius 2 is 1.91 bits per heavy atom. The van der Waals surface area contributed by atoms with Crippen LogP contribution in [-0.4, -0.2) is 75.6 Å². The van der Waals surface area contributed by atoms with E-state index in [0.717, 1.165) is 17.7 Å². The minimum Gasteiger partial charge on any atom is -0.387 e. The Balaban J connectivity index is 1.96. The number of carbonyl (C=O) groups excluding carboxylic acids is 2. The molecule has 1 aromatic carbocycles. The van der Waals surface area contributed by atoms with Crippen LogP contribution in [0.15, 0.2) is 18.2 Å². The van der Waals surface area contributed by atoms with Gasteiger partial charge in [0.05, 0.1) is 17.2 Å². The Labute approximate surface area is 190 Å². The smallest absolute Gasteiger partial charge is 0.327 e. The van der Waals surface area contributed by atoms with E-state index in [9.17, 15) is 20.0 Å². The maximum atomic E-state index is 13.7. The molecule has 3 aliphatic rings. The van der Waals surface area contributed by atoms with E-state index in [1.807, 2.05) is 46.9 Å². The number of likely N-dealkylation sites (N-methyl/N-ethyl adjacent to an activating group) is 3. The van der Waals surface area contributed by atoms with Gasteiger partial charge in [-0.3, -0.25) is 9.69 Å². The lowest BCUT2D eigenvalue weighted by atomic mass is 9.49. The van der Waals surface area contributed by atoms with E-state index in [1.54, 1.807) is 11.0 Å². The largest absolute Gasteiger partial charge is 0.387 e. The van der Waals surface area contributed by atoms with Gasteiger partial charge in [0.15, 0.2) is 0 Å². The van der Waals surface area contributed by atoms with Crippen molar-refractivity contribution in [3.8, 4) is 6.07 Å². The molecule has 1 aromatic rings. The van der Waals surface area contributed by atoms with Gasteiger partial charge < -0.3 is 14.9 Å². The molecule has 2 heterocycles. The number of nitriles is 1. The number of hydrogen-bond acceptors (Lipinski definition) is 5. The summed E-state index contributed by atoms with van der Waals surface area (Å²) in [5.74, 6) is -0.144. The standard InChI is InChI=1S/C25H34N4O3/c1-6-28-21(30)24(29(7-2)22(28)31)10-11-25(32)18(4)27(5)13-12-23(25,16-24)20-14-19(15-26)9-8-17(20)3/h8-9,14,18,32H,6-7,10-13,16H2,1-5H3/t18?,23?,24-,25+/m0/s1. The molecule has 1 saturated carbocycles. The van der Waals surface area contributed by atoms with Gasteiger partial charge in [0.25, 0.3) is 5.91 Å². The van der Waals surface area contributed by atoms with Crippen LogP contribution in [0.4, 0.5) is 4.79 Å². The number of fused-ring (bicyclic) bond motifs is 1. The third kappa shape index (κ3) is 2.72. The molecule has 2 unspecified atom stereocenters. The van der Waals surface area contributed by atoms with E-state index < -0.39 is 16.6 Å². The molecular formula is C25H34N4O3. The summed E-state index contributed by atoms with van der Waals surface area (Å²) in [4.78, 5) is 32.1. The molecule has 0 bridgehead atoms. The number of urea groups is 1. The van der Waals surface area contributed by atoms with Crippen molar-refractivity contribution in [1.29, 1.82) is 5.26 Å². The maximum Gasteiger partial charge on any atom is 0.327 e. The van der Waals surface area contributed by atoms with Crippen LogP contribution in [0.1, 0.15) is 63.1 Å². The highest BCUT2D eigenvalue weighted by Crippen LogP contribution is 2.59. The third-order valence-corrected chi connectivity index (χ3v) is 8.72. The van der Waals surface area contributed by atoms with Gasteiger partial charge in [0, 0.05) is 24.5 Å². The van der Waals surface area contributed by atoms with Gasteiger partial charge in [0.1, 0.15) is 5.54 Å². The second kappa shape index (κ2) is 7.57. The quantitative estimate of drug-likeness (QED) is 0.733. The monoisotopic (exact) mass is 438 g/mol. The first-order valence-corrected chi connectivity index (χ1v) is 11.7. The van der Waals surface area contributed by atoms with Gasteiger partial charge in [-0.2, -0.15) is 5.26 Å². The van der Waals surface area contributed by atoms with Crippen LogP contribution in [0.3, 0.4) is 0 Å². The van der Waals surface area contributed by atoms with Crippen molar-refractivity contribution in [3.63, 3.8) is 0 Å². The molecule has 1 aliphatic carbocycles. The van der Waals surface area contributed by atoms with Crippen LogP contribution < -0.4 is 0 Å². The number of aryl methyl sites for hydroxylation is 1. The Kier molecular flexibility index (Phi) is 5.38. The van der Waals surface area contributed by atoms with Crippen molar-refractivity contribution < 1.29 is 14.7 Å². The highest BCUT2D eigenvalue weighted by molar-refractivity contribution is 6.07. The van der Waals surface area contributed by atoms with Crippen molar-refractivity contribution in [2.75, 3.05) is 26.7 Å². The van der Waals surface area contributed by atoms with Crippen molar-refractivity contribution in [2.45, 2.75) is 76.0 Å². The maximum absolute atomic E-state index is 13.7. The van der Waals surface area contributed by atoms with Gasteiger partial charge in [0.2, 0.25) is 0 Å². The normalized spacial score (nSPS) is 35.3. The molecule has 7 nitrogen and oxygen atoms in total. The first-order valence-electron chi connectivity index (χ1n) is 11.7. The van der Waals surface area contributed by atoms with Gasteiger partial charge in [-0.1, -0.05) is 6.07 Å². The van der Waals surface area contributed by atoms with E-state index in [0.29, 0.717) is 44.3 Å². The molecule has 2 aliphatic heterocycles. The number of likely N-dealkylation sites (tertiary alicyclic amines) is 1. The lowest BCUT2D eigenvalue weighted by molar-refractivity contribution is -0.176. The van der Waals surface area contributed by atoms with Gasteiger partial charge in [-0.15, -0.1) is 0 Å². The molecule has 3 fully saturated rings. The van der Waals surface area contributed by atoms with Gasteiger partial charge in [-0.05, 0) is 90.2 Å². The molecule has 4 rings (SSSR count). The summed E-state index contributed by atoms with van der Waals surface area (Å²) < 4.78 is 0. The summed E-state index contributed by atoms with van der Waals surface area (Å²) in [5.41, 5.74) is -0.287. The second-order valence-corrected chi connectivity index (χ2v) is 9.84. The summed E-state index contributed by atoms with van der Waals surface area (Å²) in [5, 5.41) is 21.9. The summed E-state index contributed by atoms with van der Waals surface area (Å²) >= 11 is 0. The molecular weight excluding hydrogens is 404 g/mol. The Morgan fingerprint density at radius 1 is 1.19 bits per heavy atom. The predicted molar refractivity (Wildman–Crippen MR) is 121 cm³/mol. The number of hydrogen-bond donors (Lipinski definition) is 1. The van der Waals surface area contributed by atoms with E-state index in [-0.39, 0.29) is 18.0 Å². The van der Waals surface area contributed by atoms with Crippen LogP contribution in [0, 0.1) is 18.3 Å². The first-order chi connectivity index (χ1) is 15.1. The summed E-state index contributed by atoms with van der Waals surface area (Å²) in [7, 11) is 2.02. The minimum absolute atomic E-state index is 0.122. The number of carbonyl (C=O) groups is 2. The second-order valence-electron chi connectivity index (χ2n) is 9.84. The number of aliphatic hydroxyl groups is 1. The predicted octanol–water partition coefficient (Wildman–Crippen LogP) is 2.79. The molecule has 4 atom stereocenters. The number of imide groups is 1. The van der Waals surface area contributed by atoms with Crippen molar-refractivity contribution in [3.05, 3.63) is 34.9 Å². The Bertz CT molecular complexity index is 1000. The lowest BCUT2D eigenvalue weighted by Crippen LogP contribution is -2.73. The third-order valence-electron chi connectivity index (χ3n) is 8.72. The zero-order chi connectivity index (χ0) is 23.5. The SMILES string of the molecule is CCN1C(=O)N(CC)[C@]2(CC[C@@]3(O)C(C)N(C)CCC3(c3cc(C#N)ccc3C)C2)C1=O. The zero-order valence-corrected chi connectivity index (χ0v) is 19.8. The van der Waals surface area contributed by atoms with Crippen LogP contribution in [0.5, 0.6) is 0 Å². The van der Waals surface area contributed by atoms with Crippen molar-refractivity contribution in [1.82, 2.24) is 14.7 Å². The average molecular weight is 439 g/mol. The molecule has 7 heteroatoms. The van der Waals surface area contributed by atoms with Crippen LogP contribution in [0.2, 0.25) is 0 Å². The average Bonchev–Trinajstić information content (AvgIpc) is 2.98. The fraction of sp³-hybridized carbons (Fsp3) is 0.640. The van der Waals surface area contributed by atoms with Crippen LogP contribution in [-0.2, 0) is 10.2 Å². The number of amides is 3. The number of piperidine rings is 1. The topological polar surface area (TPSA) is 87.9 Å².